The van der Waals surface area contributed by atoms with E-state index in [1.807, 2.05) is 6.07 Å². The molecule has 2 rings (SSSR count). The molecule has 0 saturated heterocycles. The summed E-state index contributed by atoms with van der Waals surface area (Å²) in [5.74, 6) is 0.370. The van der Waals surface area contributed by atoms with Gasteiger partial charge in [-0.15, -0.1) is 0 Å². The third-order valence-corrected chi connectivity index (χ3v) is 2.63. The van der Waals surface area contributed by atoms with Crippen molar-refractivity contribution in [2.75, 3.05) is 0 Å². The Hall–Kier alpha value is -2.67. The molecule has 2 aromatic carbocycles. The maximum atomic E-state index is 13.0. The Labute approximate surface area is 109 Å². The number of ether oxygens (including phenoxy) is 1. The van der Waals surface area contributed by atoms with Crippen LogP contribution in [0.15, 0.2) is 36.4 Å². The largest absolute Gasteiger partial charge is 0.456 e. The first-order valence-electron chi connectivity index (χ1n) is 5.57. The summed E-state index contributed by atoms with van der Waals surface area (Å²) in [6, 6.07) is 10.6. The normalized spacial score (nSPS) is 9.74. The van der Waals surface area contributed by atoms with Crippen molar-refractivity contribution in [3.63, 3.8) is 0 Å². The first kappa shape index (κ1) is 12.8. The highest BCUT2D eigenvalue weighted by molar-refractivity contribution is 5.80. The first-order chi connectivity index (χ1) is 9.13. The Morgan fingerprint density at radius 3 is 2.63 bits per heavy atom. The zero-order valence-corrected chi connectivity index (χ0v) is 10.2. The summed E-state index contributed by atoms with van der Waals surface area (Å²) < 4.78 is 18.6. The molecule has 0 aliphatic carbocycles. The first-order valence-corrected chi connectivity index (χ1v) is 5.57. The number of nitriles is 1. The van der Waals surface area contributed by atoms with E-state index in [-0.39, 0.29) is 11.6 Å². The Kier molecular flexibility index (Phi) is 3.58. The smallest absolute Gasteiger partial charge is 0.153 e. The van der Waals surface area contributed by atoms with E-state index in [1.54, 1.807) is 6.92 Å². The van der Waals surface area contributed by atoms with Gasteiger partial charge in [-0.25, -0.2) is 4.39 Å². The number of aldehydes is 1. The summed E-state index contributed by atoms with van der Waals surface area (Å²) in [6.45, 7) is 1.70. The number of nitrogens with zero attached hydrogens (tertiary/aromatic N) is 1. The van der Waals surface area contributed by atoms with Crippen LogP contribution < -0.4 is 4.74 Å². The molecular weight excluding hydrogens is 245 g/mol. The summed E-state index contributed by atoms with van der Waals surface area (Å²) in [5, 5.41) is 8.84. The molecule has 0 fully saturated rings. The monoisotopic (exact) mass is 255 g/mol. The summed E-state index contributed by atoms with van der Waals surface area (Å²) >= 11 is 0. The molecule has 0 amide bonds. The molecule has 0 saturated carbocycles. The summed E-state index contributed by atoms with van der Waals surface area (Å²) in [4.78, 5) is 10.9. The second-order valence-electron chi connectivity index (χ2n) is 3.99. The van der Waals surface area contributed by atoms with Gasteiger partial charge in [0.15, 0.2) is 6.29 Å². The van der Waals surface area contributed by atoms with Crippen molar-refractivity contribution in [2.24, 2.45) is 0 Å². The SMILES string of the molecule is Cc1cc(F)ccc1Oc1cc(C#N)ccc1C=O. The van der Waals surface area contributed by atoms with Crippen molar-refractivity contribution in [2.45, 2.75) is 6.92 Å². The molecule has 0 unspecified atom stereocenters. The van der Waals surface area contributed by atoms with Gasteiger partial charge < -0.3 is 4.74 Å². The van der Waals surface area contributed by atoms with E-state index >= 15 is 0 Å². The molecule has 19 heavy (non-hydrogen) atoms. The zero-order chi connectivity index (χ0) is 13.8. The predicted molar refractivity (Wildman–Crippen MR) is 67.8 cm³/mol. The lowest BCUT2D eigenvalue weighted by atomic mass is 10.1. The van der Waals surface area contributed by atoms with Gasteiger partial charge >= 0.3 is 0 Å². The van der Waals surface area contributed by atoms with Crippen LogP contribution in [0.1, 0.15) is 21.5 Å². The maximum Gasteiger partial charge on any atom is 0.153 e. The van der Waals surface area contributed by atoms with Crippen molar-refractivity contribution in [3.05, 3.63) is 58.9 Å². The molecule has 0 heterocycles. The molecule has 4 heteroatoms. The van der Waals surface area contributed by atoms with Crippen LogP contribution in [0, 0.1) is 24.1 Å². The number of rotatable bonds is 3. The Morgan fingerprint density at radius 2 is 2.00 bits per heavy atom. The van der Waals surface area contributed by atoms with Gasteiger partial charge in [0.2, 0.25) is 0 Å². The molecule has 0 bridgehead atoms. The zero-order valence-electron chi connectivity index (χ0n) is 10.2. The van der Waals surface area contributed by atoms with Crippen LogP contribution in [0.25, 0.3) is 0 Å². The summed E-state index contributed by atoms with van der Waals surface area (Å²) in [7, 11) is 0. The summed E-state index contributed by atoms with van der Waals surface area (Å²) in [5.41, 5.74) is 1.34. The summed E-state index contributed by atoms with van der Waals surface area (Å²) in [6.07, 6.45) is 0.648. The van der Waals surface area contributed by atoms with Crippen molar-refractivity contribution < 1.29 is 13.9 Å². The molecule has 0 aromatic heterocycles. The fourth-order valence-electron chi connectivity index (χ4n) is 1.64. The number of benzene rings is 2. The number of hydrogen-bond donors (Lipinski definition) is 0. The van der Waals surface area contributed by atoms with Gasteiger partial charge in [0.1, 0.15) is 17.3 Å². The number of aryl methyl sites for hydroxylation is 1. The van der Waals surface area contributed by atoms with Crippen LogP contribution in [-0.2, 0) is 0 Å². The van der Waals surface area contributed by atoms with Gasteiger partial charge in [0.25, 0.3) is 0 Å². The molecule has 0 aliphatic heterocycles. The topological polar surface area (TPSA) is 50.1 Å². The quantitative estimate of drug-likeness (QED) is 0.787. The lowest BCUT2D eigenvalue weighted by molar-refractivity contribution is 0.112. The van der Waals surface area contributed by atoms with Crippen molar-refractivity contribution in [1.29, 1.82) is 5.26 Å². The second-order valence-corrected chi connectivity index (χ2v) is 3.99. The van der Waals surface area contributed by atoms with Gasteiger partial charge in [-0.3, -0.25) is 4.79 Å². The lowest BCUT2D eigenvalue weighted by Gasteiger charge is -2.10. The highest BCUT2D eigenvalue weighted by Gasteiger charge is 2.08. The van der Waals surface area contributed by atoms with Crippen molar-refractivity contribution in [3.8, 4) is 17.6 Å². The molecule has 0 spiro atoms. The molecule has 2 aromatic rings. The fourth-order valence-corrected chi connectivity index (χ4v) is 1.64. The fraction of sp³-hybridized carbons (Fsp3) is 0.0667. The van der Waals surface area contributed by atoms with Crippen molar-refractivity contribution >= 4 is 6.29 Å². The van der Waals surface area contributed by atoms with Crippen LogP contribution in [-0.4, -0.2) is 6.29 Å². The third-order valence-electron chi connectivity index (χ3n) is 2.63. The van der Waals surface area contributed by atoms with Crippen molar-refractivity contribution in [1.82, 2.24) is 0 Å². The highest BCUT2D eigenvalue weighted by Crippen LogP contribution is 2.28. The Bertz CT molecular complexity index is 674. The lowest BCUT2D eigenvalue weighted by Crippen LogP contribution is -1.93. The number of halogens is 1. The van der Waals surface area contributed by atoms with Gasteiger partial charge in [-0.05, 0) is 48.9 Å². The van der Waals surface area contributed by atoms with Crippen LogP contribution >= 0.6 is 0 Å². The minimum Gasteiger partial charge on any atom is -0.456 e. The molecule has 94 valence electrons. The van der Waals surface area contributed by atoms with Crippen LogP contribution in [0.5, 0.6) is 11.5 Å². The third kappa shape index (κ3) is 2.78. The molecule has 3 nitrogen and oxygen atoms in total. The van der Waals surface area contributed by atoms with E-state index in [4.69, 9.17) is 10.00 Å². The van der Waals surface area contributed by atoms with Crippen LogP contribution in [0.4, 0.5) is 4.39 Å². The number of hydrogen-bond acceptors (Lipinski definition) is 3. The van der Waals surface area contributed by atoms with E-state index in [1.165, 1.54) is 36.4 Å². The number of carbonyl (C=O) groups is 1. The van der Waals surface area contributed by atoms with E-state index in [0.29, 0.717) is 28.7 Å². The Morgan fingerprint density at radius 1 is 1.21 bits per heavy atom. The molecule has 0 aliphatic rings. The standard InChI is InChI=1S/C15H10FNO2/c1-10-6-13(16)4-5-14(10)19-15-7-11(8-17)2-3-12(15)9-18/h2-7,9H,1H3. The van der Waals surface area contributed by atoms with Crippen LogP contribution in [0.3, 0.4) is 0 Å². The minimum atomic E-state index is -0.355. The molecular formula is C15H10FNO2. The Balaban J connectivity index is 2.42. The highest BCUT2D eigenvalue weighted by atomic mass is 19.1. The van der Waals surface area contributed by atoms with E-state index in [0.717, 1.165) is 0 Å². The van der Waals surface area contributed by atoms with E-state index in [9.17, 15) is 9.18 Å². The van der Waals surface area contributed by atoms with Gasteiger partial charge in [0.05, 0.1) is 17.2 Å². The average molecular weight is 255 g/mol. The van der Waals surface area contributed by atoms with E-state index in [2.05, 4.69) is 0 Å². The second kappa shape index (κ2) is 5.32. The van der Waals surface area contributed by atoms with Gasteiger partial charge in [0, 0.05) is 0 Å². The van der Waals surface area contributed by atoms with E-state index < -0.39 is 0 Å². The maximum absolute atomic E-state index is 13.0. The van der Waals surface area contributed by atoms with Gasteiger partial charge in [-0.2, -0.15) is 5.26 Å². The van der Waals surface area contributed by atoms with Gasteiger partial charge in [-0.1, -0.05) is 0 Å². The number of carbonyl (C=O) groups excluding carboxylic acids is 1. The minimum absolute atomic E-state index is 0.281. The average Bonchev–Trinajstić information content (AvgIpc) is 2.41. The van der Waals surface area contributed by atoms with Crippen LogP contribution in [0.2, 0.25) is 0 Å². The molecule has 0 atom stereocenters. The predicted octanol–water partition coefficient (Wildman–Crippen LogP) is 3.61. The molecule has 0 N–H and O–H groups in total. The molecule has 0 radical (unpaired) electrons.